The molecule has 3 aromatic carbocycles. The highest BCUT2D eigenvalue weighted by molar-refractivity contribution is 6.30. The minimum absolute atomic E-state index is 0. The van der Waals surface area contributed by atoms with Crippen molar-refractivity contribution in [3.05, 3.63) is 107 Å². The number of piperidine rings is 2. The number of benzene rings is 3. The van der Waals surface area contributed by atoms with E-state index < -0.39 is 5.60 Å². The lowest BCUT2D eigenvalue weighted by Crippen LogP contribution is -2.47. The monoisotopic (exact) mass is 744 g/mol. The van der Waals surface area contributed by atoms with E-state index in [4.69, 9.17) is 11.6 Å². The van der Waals surface area contributed by atoms with E-state index in [0.29, 0.717) is 43.3 Å². The third-order valence-corrected chi connectivity index (χ3v) is 10.8. The molecule has 0 radical (unpaired) electrons. The normalized spacial score (nSPS) is 16.7. The smallest absolute Gasteiger partial charge is 0.324 e. The third-order valence-electron chi connectivity index (χ3n) is 10.6. The van der Waals surface area contributed by atoms with Gasteiger partial charge in [-0.15, -0.1) is 24.8 Å². The molecule has 2 fully saturated rings. The maximum atomic E-state index is 12.9. The second-order valence-corrected chi connectivity index (χ2v) is 14.6. The van der Waals surface area contributed by atoms with Crippen molar-refractivity contribution < 1.29 is 14.7 Å². The van der Waals surface area contributed by atoms with Gasteiger partial charge in [0.1, 0.15) is 0 Å². The molecule has 2 heterocycles. The highest BCUT2D eigenvalue weighted by Crippen LogP contribution is 2.44. The van der Waals surface area contributed by atoms with Crippen molar-refractivity contribution >= 4 is 48.4 Å². The van der Waals surface area contributed by atoms with Crippen LogP contribution in [-0.4, -0.2) is 85.1 Å². The molecule has 3 amide bonds. The van der Waals surface area contributed by atoms with Crippen LogP contribution in [0.3, 0.4) is 0 Å². The molecular formula is C40H55Cl3N4O3. The van der Waals surface area contributed by atoms with E-state index in [0.717, 1.165) is 70.3 Å². The zero-order valence-electron chi connectivity index (χ0n) is 29.6. The highest BCUT2D eigenvalue weighted by atomic mass is 35.5. The third kappa shape index (κ3) is 11.2. The molecule has 2 aliphatic rings. The molecule has 10 heteroatoms. The van der Waals surface area contributed by atoms with Gasteiger partial charge in [0.25, 0.3) is 0 Å². The Morgan fingerprint density at radius 1 is 0.860 bits per heavy atom. The Morgan fingerprint density at radius 3 is 1.96 bits per heavy atom. The van der Waals surface area contributed by atoms with Crippen molar-refractivity contribution in [3.63, 3.8) is 0 Å². The molecule has 0 aliphatic carbocycles. The largest absolute Gasteiger partial charge is 0.385 e. The second kappa shape index (κ2) is 19.8. The van der Waals surface area contributed by atoms with Crippen LogP contribution in [-0.2, 0) is 15.8 Å². The number of nitrogens with one attached hydrogen (secondary N) is 1. The zero-order valence-corrected chi connectivity index (χ0v) is 32.0. The van der Waals surface area contributed by atoms with Crippen molar-refractivity contribution in [2.75, 3.05) is 53.4 Å². The highest BCUT2D eigenvalue weighted by Gasteiger charge is 2.39. The standard InChI is InChI=1S/C40H53ClN4O3.2ClH/c1-43(2)25-9-15-37(46)42-38(47)45-27-20-32(21-28-45)31-39(33-11-5-3-6-12-33,34-13-7-4-8-14-34)22-10-26-44-29-23-40(48,24-30-44)35-16-18-36(41)19-17-35;;/h3-8,11-14,16-19,32,48H,9-10,15,20-31H2,1-2H3,(H,42,46,47);2*1H. The molecule has 0 unspecified atom stereocenters. The molecule has 3 aromatic rings. The average Bonchev–Trinajstić information content (AvgIpc) is 3.10. The minimum atomic E-state index is -0.802. The Bertz CT molecular complexity index is 1400. The number of nitrogens with zero attached hydrogens (tertiary/aromatic N) is 3. The zero-order chi connectivity index (χ0) is 34.0. The Morgan fingerprint density at radius 2 is 1.42 bits per heavy atom. The number of aliphatic hydroxyl groups is 1. The van der Waals surface area contributed by atoms with Gasteiger partial charge >= 0.3 is 6.03 Å². The summed E-state index contributed by atoms with van der Waals surface area (Å²) in [6.45, 7) is 4.85. The van der Waals surface area contributed by atoms with Crippen molar-refractivity contribution in [1.29, 1.82) is 0 Å². The van der Waals surface area contributed by atoms with E-state index in [9.17, 15) is 14.7 Å². The topological polar surface area (TPSA) is 76.1 Å². The lowest BCUT2D eigenvalue weighted by Gasteiger charge is -2.42. The number of hydrogen-bond donors (Lipinski definition) is 2. The first-order chi connectivity index (χ1) is 23.2. The molecule has 0 saturated carbocycles. The number of urea groups is 1. The van der Waals surface area contributed by atoms with Crippen molar-refractivity contribution in [2.45, 2.75) is 68.8 Å². The Balaban J connectivity index is 0.00000338. The number of hydrogen-bond acceptors (Lipinski definition) is 5. The summed E-state index contributed by atoms with van der Waals surface area (Å²) < 4.78 is 0. The van der Waals surface area contributed by atoms with Crippen LogP contribution in [0.25, 0.3) is 0 Å². The van der Waals surface area contributed by atoms with Crippen molar-refractivity contribution in [1.82, 2.24) is 20.0 Å². The van der Waals surface area contributed by atoms with E-state index in [1.807, 2.05) is 48.2 Å². The van der Waals surface area contributed by atoms with Crippen LogP contribution < -0.4 is 5.32 Å². The molecule has 0 atom stereocenters. The number of carbonyl (C=O) groups excluding carboxylic acids is 2. The minimum Gasteiger partial charge on any atom is -0.385 e. The lowest BCUT2D eigenvalue weighted by atomic mass is 9.65. The predicted molar refractivity (Wildman–Crippen MR) is 209 cm³/mol. The predicted octanol–water partition coefficient (Wildman–Crippen LogP) is 7.91. The quantitative estimate of drug-likeness (QED) is 0.186. The Labute approximate surface area is 316 Å². The van der Waals surface area contributed by atoms with Crippen molar-refractivity contribution in [2.24, 2.45) is 5.92 Å². The van der Waals surface area contributed by atoms with Crippen molar-refractivity contribution in [3.8, 4) is 0 Å². The van der Waals surface area contributed by atoms with Gasteiger partial charge in [-0.3, -0.25) is 10.1 Å². The summed E-state index contributed by atoms with van der Waals surface area (Å²) in [6, 6.07) is 29.3. The van der Waals surface area contributed by atoms with Gasteiger partial charge in [-0.25, -0.2) is 4.79 Å². The van der Waals surface area contributed by atoms with Crippen LogP contribution in [0, 0.1) is 5.92 Å². The molecule has 50 heavy (non-hydrogen) atoms. The molecule has 5 rings (SSSR count). The number of carbonyl (C=O) groups is 2. The van der Waals surface area contributed by atoms with Gasteiger partial charge in [0.2, 0.25) is 5.91 Å². The number of halogens is 3. The number of likely N-dealkylation sites (tertiary alicyclic amines) is 2. The Hall–Kier alpha value is -2.65. The van der Waals surface area contributed by atoms with Gasteiger partial charge in [-0.1, -0.05) is 84.4 Å². The van der Waals surface area contributed by atoms with E-state index in [1.54, 1.807) is 0 Å². The summed E-state index contributed by atoms with van der Waals surface area (Å²) in [5.74, 6) is 0.258. The number of rotatable bonds is 13. The van der Waals surface area contributed by atoms with Gasteiger partial charge in [0.05, 0.1) is 5.60 Å². The first-order valence-electron chi connectivity index (χ1n) is 17.7. The molecule has 0 bridgehead atoms. The maximum Gasteiger partial charge on any atom is 0.324 e. The number of amides is 3. The van der Waals surface area contributed by atoms with E-state index in [1.165, 1.54) is 11.1 Å². The summed E-state index contributed by atoms with van der Waals surface area (Å²) >= 11 is 6.10. The molecule has 2 aliphatic heterocycles. The summed E-state index contributed by atoms with van der Waals surface area (Å²) in [5.41, 5.74) is 2.68. The first kappa shape index (κ1) is 41.8. The fourth-order valence-electron chi connectivity index (χ4n) is 7.76. The Kier molecular flexibility index (Phi) is 16.6. The molecule has 0 spiro atoms. The molecule has 7 nitrogen and oxygen atoms in total. The van der Waals surface area contributed by atoms with E-state index in [-0.39, 0.29) is 42.2 Å². The summed E-state index contributed by atoms with van der Waals surface area (Å²) in [4.78, 5) is 31.7. The van der Waals surface area contributed by atoms with Crippen LogP contribution in [0.15, 0.2) is 84.9 Å². The van der Waals surface area contributed by atoms with Gasteiger partial charge in [0.15, 0.2) is 0 Å². The van der Waals surface area contributed by atoms with Gasteiger partial charge in [-0.2, -0.15) is 0 Å². The average molecular weight is 746 g/mol. The SMILES string of the molecule is CN(C)CCCC(=O)NC(=O)N1CCC(CC(CCCN2CCC(O)(c3ccc(Cl)cc3)CC2)(c2ccccc2)c2ccccc2)CC1.Cl.Cl. The maximum absolute atomic E-state index is 12.9. The van der Waals surface area contributed by atoms with E-state index in [2.05, 4.69) is 70.9 Å². The first-order valence-corrected chi connectivity index (χ1v) is 18.1. The number of imide groups is 1. The summed E-state index contributed by atoms with van der Waals surface area (Å²) in [5, 5.41) is 14.7. The van der Waals surface area contributed by atoms with Crippen LogP contribution >= 0.6 is 36.4 Å². The van der Waals surface area contributed by atoms with E-state index >= 15 is 0 Å². The molecule has 274 valence electrons. The lowest BCUT2D eigenvalue weighted by molar-refractivity contribution is -0.120. The van der Waals surface area contributed by atoms with Gasteiger partial charge < -0.3 is 19.8 Å². The molecule has 2 saturated heterocycles. The molecular weight excluding hydrogens is 691 g/mol. The van der Waals surface area contributed by atoms with Crippen LogP contribution in [0.1, 0.15) is 74.5 Å². The molecule has 0 aromatic heterocycles. The van der Waals surface area contributed by atoms with Crippen LogP contribution in [0.4, 0.5) is 4.79 Å². The van der Waals surface area contributed by atoms with Gasteiger partial charge in [-0.05, 0) is 113 Å². The molecule has 2 N–H and O–H groups in total. The van der Waals surface area contributed by atoms with Crippen LogP contribution in [0.2, 0.25) is 5.02 Å². The second-order valence-electron chi connectivity index (χ2n) is 14.2. The van der Waals surface area contributed by atoms with Crippen LogP contribution in [0.5, 0.6) is 0 Å². The van der Waals surface area contributed by atoms with Gasteiger partial charge in [0, 0.05) is 43.0 Å². The fourth-order valence-corrected chi connectivity index (χ4v) is 7.88. The summed E-state index contributed by atoms with van der Waals surface area (Å²) in [6.07, 6.45) is 7.42. The fraction of sp³-hybridized carbons (Fsp3) is 0.500. The summed E-state index contributed by atoms with van der Waals surface area (Å²) in [7, 11) is 3.97.